The number of hydrogen-bond donors (Lipinski definition) is 0. The minimum Gasteiger partial charge on any atom is -0.425 e. The van der Waals surface area contributed by atoms with Crippen molar-refractivity contribution < 1.29 is 41.8 Å². The van der Waals surface area contributed by atoms with Gasteiger partial charge in [0.1, 0.15) is 5.54 Å². The van der Waals surface area contributed by atoms with Crippen LogP contribution in [0.4, 0.5) is 18.0 Å². The number of halogens is 4. The smallest absolute Gasteiger partial charge is 0.425 e. The van der Waals surface area contributed by atoms with Crippen LogP contribution in [-0.4, -0.2) is 48.0 Å². The van der Waals surface area contributed by atoms with E-state index in [0.717, 1.165) is 4.90 Å². The summed E-state index contributed by atoms with van der Waals surface area (Å²) in [5.41, 5.74) is -0.928. The van der Waals surface area contributed by atoms with Crippen molar-refractivity contribution in [3.05, 3.63) is 34.9 Å². The fourth-order valence-corrected chi connectivity index (χ4v) is 4.10. The van der Waals surface area contributed by atoms with E-state index in [4.69, 9.17) is 21.1 Å². The third-order valence-electron chi connectivity index (χ3n) is 5.70. The molecule has 0 bridgehead atoms. The maximum Gasteiger partial charge on any atom is 0.449 e. The molecule has 1 aliphatic rings. The second-order valence-electron chi connectivity index (χ2n) is 8.44. The van der Waals surface area contributed by atoms with Gasteiger partial charge in [-0.3, -0.25) is 19.3 Å². The predicted molar refractivity (Wildman–Crippen MR) is 116 cm³/mol. The number of ether oxygens (including phenoxy) is 2. The molecule has 1 aromatic rings. The van der Waals surface area contributed by atoms with E-state index in [1.165, 1.54) is 7.05 Å². The van der Waals surface area contributed by atoms with Crippen LogP contribution >= 0.6 is 11.6 Å². The van der Waals surface area contributed by atoms with Crippen LogP contribution in [0.25, 0.3) is 0 Å². The lowest BCUT2D eigenvalue weighted by Crippen LogP contribution is -2.55. The van der Waals surface area contributed by atoms with Crippen molar-refractivity contribution in [3.63, 3.8) is 0 Å². The Balaban J connectivity index is 2.19. The Bertz CT molecular complexity index is 936. The maximum absolute atomic E-state index is 13.1. The summed E-state index contributed by atoms with van der Waals surface area (Å²) in [7, 11) is 1.39. The Labute approximate surface area is 200 Å². The number of likely N-dealkylation sites (N-methyl/N-ethyl adjacent to an activating group) is 1. The molecule has 7 nitrogen and oxygen atoms in total. The van der Waals surface area contributed by atoms with Crippen molar-refractivity contribution >= 4 is 35.2 Å². The third-order valence-corrected chi connectivity index (χ3v) is 6.03. The Kier molecular flexibility index (Phi) is 9.10. The van der Waals surface area contributed by atoms with Crippen LogP contribution in [0.3, 0.4) is 0 Å². The minimum absolute atomic E-state index is 0.213. The topological polar surface area (TPSA) is 90.0 Å². The Morgan fingerprint density at radius 1 is 1.12 bits per heavy atom. The summed E-state index contributed by atoms with van der Waals surface area (Å²) in [5, 5.41) is 0.304. The number of hydrogen-bond acceptors (Lipinski definition) is 6. The van der Waals surface area contributed by atoms with Gasteiger partial charge >= 0.3 is 18.2 Å². The molecule has 1 amide bonds. The fourth-order valence-electron chi connectivity index (χ4n) is 3.81. The Morgan fingerprint density at radius 2 is 1.76 bits per heavy atom. The molecule has 1 aromatic carbocycles. The van der Waals surface area contributed by atoms with Crippen molar-refractivity contribution in [1.82, 2.24) is 4.90 Å². The molecule has 11 heteroatoms. The summed E-state index contributed by atoms with van der Waals surface area (Å²) >= 11 is 6.37. The van der Waals surface area contributed by atoms with Gasteiger partial charge in [-0.1, -0.05) is 43.6 Å². The standard InChI is InChI=1S/C23H27ClF3NO6/c1-14(2)20(33-19(31)12-11-18(30)23(25,26)27)34-21(32)28(3)22(13-7-6-10-17(22)29)15-8-4-5-9-16(15)24/h4-5,8-9,14,20H,6-7,10-13H2,1-3H3/t20?,22-/m0/s1. The molecule has 0 saturated heterocycles. The molecule has 0 heterocycles. The molecule has 1 unspecified atom stereocenters. The zero-order valence-corrected chi connectivity index (χ0v) is 19.9. The molecule has 0 aliphatic heterocycles. The summed E-state index contributed by atoms with van der Waals surface area (Å²) < 4.78 is 47.4. The zero-order chi connectivity index (χ0) is 25.7. The molecule has 0 N–H and O–H groups in total. The van der Waals surface area contributed by atoms with Crippen LogP contribution in [-0.2, 0) is 29.4 Å². The van der Waals surface area contributed by atoms with Crippen LogP contribution in [0.15, 0.2) is 24.3 Å². The molecule has 1 fully saturated rings. The van der Waals surface area contributed by atoms with Gasteiger partial charge in [-0.15, -0.1) is 0 Å². The minimum atomic E-state index is -5.05. The van der Waals surface area contributed by atoms with Gasteiger partial charge in [-0.2, -0.15) is 13.2 Å². The van der Waals surface area contributed by atoms with E-state index < -0.39 is 54.6 Å². The van der Waals surface area contributed by atoms with Crippen molar-refractivity contribution in [1.29, 1.82) is 0 Å². The summed E-state index contributed by atoms with van der Waals surface area (Å²) in [5.74, 6) is -3.95. The largest absolute Gasteiger partial charge is 0.449 e. The lowest BCUT2D eigenvalue weighted by molar-refractivity contribution is -0.181. The van der Waals surface area contributed by atoms with E-state index in [2.05, 4.69) is 0 Å². The molecular weight excluding hydrogens is 479 g/mol. The number of benzene rings is 1. The van der Waals surface area contributed by atoms with Crippen molar-refractivity contribution in [2.45, 2.75) is 70.4 Å². The van der Waals surface area contributed by atoms with Crippen LogP contribution in [0, 0.1) is 5.92 Å². The van der Waals surface area contributed by atoms with Gasteiger partial charge in [-0.05, 0) is 25.3 Å². The highest BCUT2D eigenvalue weighted by molar-refractivity contribution is 6.31. The van der Waals surface area contributed by atoms with Crippen LogP contribution in [0.1, 0.15) is 57.9 Å². The number of esters is 1. The highest BCUT2D eigenvalue weighted by atomic mass is 35.5. The number of alkyl halides is 3. The number of rotatable bonds is 8. The second kappa shape index (κ2) is 11.2. The lowest BCUT2D eigenvalue weighted by atomic mass is 9.74. The van der Waals surface area contributed by atoms with Crippen LogP contribution in [0.5, 0.6) is 0 Å². The quantitative estimate of drug-likeness (QED) is 0.357. The predicted octanol–water partition coefficient (Wildman–Crippen LogP) is 5.18. The molecule has 188 valence electrons. The molecule has 34 heavy (non-hydrogen) atoms. The highest BCUT2D eigenvalue weighted by Crippen LogP contribution is 2.42. The van der Waals surface area contributed by atoms with Crippen molar-refractivity contribution in [2.75, 3.05) is 7.05 Å². The first kappa shape index (κ1) is 27.6. The van der Waals surface area contributed by atoms with Gasteiger partial charge in [0.25, 0.3) is 6.29 Å². The number of carbonyl (C=O) groups excluding carboxylic acids is 4. The van der Waals surface area contributed by atoms with Gasteiger partial charge in [0.05, 0.1) is 6.42 Å². The summed E-state index contributed by atoms with van der Waals surface area (Å²) in [4.78, 5) is 50.3. The molecule has 1 aliphatic carbocycles. The summed E-state index contributed by atoms with van der Waals surface area (Å²) in [6.45, 7) is 3.14. The number of Topliss-reactive ketones (excluding diaryl/α,β-unsaturated/α-hetero) is 2. The molecule has 0 radical (unpaired) electrons. The summed E-state index contributed by atoms with van der Waals surface area (Å²) in [6.07, 6.45) is -7.49. The van der Waals surface area contributed by atoms with E-state index in [-0.39, 0.29) is 12.2 Å². The SMILES string of the molecule is CC(C)C(OC(=O)CCC(=O)C(F)(F)F)OC(=O)N(C)[C@]1(c2ccccc2Cl)CCCCC1=O. The monoisotopic (exact) mass is 505 g/mol. The molecule has 1 saturated carbocycles. The molecule has 0 spiro atoms. The normalized spacial score (nSPS) is 19.5. The average Bonchev–Trinajstić information content (AvgIpc) is 2.76. The second-order valence-corrected chi connectivity index (χ2v) is 8.84. The van der Waals surface area contributed by atoms with Gasteiger partial charge in [-0.25, -0.2) is 4.79 Å². The van der Waals surface area contributed by atoms with Gasteiger partial charge in [0.15, 0.2) is 5.78 Å². The molecular formula is C23H27ClF3NO6. The van der Waals surface area contributed by atoms with Crippen molar-refractivity contribution in [3.8, 4) is 0 Å². The van der Waals surface area contributed by atoms with E-state index in [9.17, 15) is 32.3 Å². The average molecular weight is 506 g/mol. The van der Waals surface area contributed by atoms with E-state index in [0.29, 0.717) is 29.8 Å². The zero-order valence-electron chi connectivity index (χ0n) is 19.1. The van der Waals surface area contributed by atoms with Crippen LogP contribution < -0.4 is 0 Å². The van der Waals surface area contributed by atoms with Gasteiger partial charge in [0.2, 0.25) is 5.78 Å². The number of nitrogens with zero attached hydrogens (tertiary/aromatic N) is 1. The summed E-state index contributed by atoms with van der Waals surface area (Å²) in [6, 6.07) is 6.67. The fraction of sp³-hybridized carbons (Fsp3) is 0.565. The van der Waals surface area contributed by atoms with E-state index in [1.54, 1.807) is 38.1 Å². The molecule has 0 aromatic heterocycles. The van der Waals surface area contributed by atoms with Gasteiger partial charge in [0, 0.05) is 36.4 Å². The van der Waals surface area contributed by atoms with Crippen LogP contribution in [0.2, 0.25) is 5.02 Å². The highest BCUT2D eigenvalue weighted by Gasteiger charge is 2.49. The van der Waals surface area contributed by atoms with E-state index >= 15 is 0 Å². The Morgan fingerprint density at radius 3 is 2.32 bits per heavy atom. The molecule has 2 rings (SSSR count). The number of ketones is 2. The van der Waals surface area contributed by atoms with Gasteiger partial charge < -0.3 is 9.47 Å². The molecule has 2 atom stereocenters. The van der Waals surface area contributed by atoms with E-state index in [1.807, 2.05) is 0 Å². The number of carbonyl (C=O) groups is 4. The first-order valence-corrected chi connectivity index (χ1v) is 11.2. The first-order chi connectivity index (χ1) is 15.8. The van der Waals surface area contributed by atoms with Crippen molar-refractivity contribution in [2.24, 2.45) is 5.92 Å². The first-order valence-electron chi connectivity index (χ1n) is 10.8. The lowest BCUT2D eigenvalue weighted by Gasteiger charge is -2.43. The Hall–Kier alpha value is -2.62. The number of amides is 1. The maximum atomic E-state index is 13.1. The third kappa shape index (κ3) is 6.28.